The molecule has 3 heterocycles. The lowest BCUT2D eigenvalue weighted by molar-refractivity contribution is -0.141. The smallest absolute Gasteiger partial charge is 0.250 e. The molecule has 8 nitrogen and oxygen atoms in total. The zero-order valence-electron chi connectivity index (χ0n) is 19.1. The molecule has 2 aliphatic heterocycles. The van der Waals surface area contributed by atoms with Crippen LogP contribution in [0.15, 0.2) is 53.5 Å². The summed E-state index contributed by atoms with van der Waals surface area (Å²) in [5.41, 5.74) is -0.143. The van der Waals surface area contributed by atoms with Crippen LogP contribution in [0.2, 0.25) is 0 Å². The van der Waals surface area contributed by atoms with E-state index in [2.05, 4.69) is 0 Å². The van der Waals surface area contributed by atoms with Gasteiger partial charge in [0.25, 0.3) is 5.56 Å². The van der Waals surface area contributed by atoms with E-state index in [0.717, 1.165) is 0 Å². The Bertz CT molecular complexity index is 1040. The number of rotatable bonds is 7. The van der Waals surface area contributed by atoms with Gasteiger partial charge in [-0.05, 0) is 30.3 Å². The van der Waals surface area contributed by atoms with E-state index in [1.165, 1.54) is 22.8 Å². The second-order valence-corrected chi connectivity index (χ2v) is 8.68. The maximum absolute atomic E-state index is 13.3. The second-order valence-electron chi connectivity index (χ2n) is 8.68. The Morgan fingerprint density at radius 3 is 2.50 bits per heavy atom. The van der Waals surface area contributed by atoms with E-state index >= 15 is 0 Å². The van der Waals surface area contributed by atoms with Crippen LogP contribution in [-0.4, -0.2) is 71.7 Å². The van der Waals surface area contributed by atoms with Crippen molar-refractivity contribution >= 4 is 11.8 Å². The van der Waals surface area contributed by atoms with Gasteiger partial charge < -0.3 is 23.8 Å². The maximum atomic E-state index is 13.3. The zero-order valence-corrected chi connectivity index (χ0v) is 19.1. The molecule has 1 aromatic carbocycles. The van der Waals surface area contributed by atoms with Crippen LogP contribution >= 0.6 is 0 Å². The van der Waals surface area contributed by atoms with Crippen LogP contribution in [-0.2, 0) is 20.9 Å². The van der Waals surface area contributed by atoms with Crippen LogP contribution < -0.4 is 10.3 Å². The molecular weight excluding hydrogens is 441 g/mol. The molecule has 0 unspecified atom stereocenters. The van der Waals surface area contributed by atoms with Crippen LogP contribution in [0.25, 0.3) is 0 Å². The third-order valence-corrected chi connectivity index (χ3v) is 6.38. The fraction of sp³-hybridized carbons (Fsp3) is 0.480. The second kappa shape index (κ2) is 11.3. The van der Waals surface area contributed by atoms with Crippen molar-refractivity contribution in [3.05, 3.63) is 64.8 Å². The number of pyridine rings is 1. The largest absolute Gasteiger partial charge is 0.490 e. The van der Waals surface area contributed by atoms with E-state index in [1.807, 2.05) is 0 Å². The topological polar surface area (TPSA) is 81.1 Å². The molecule has 4 rings (SSSR count). The minimum atomic E-state index is -0.343. The van der Waals surface area contributed by atoms with Crippen molar-refractivity contribution < 1.29 is 23.5 Å². The lowest BCUT2D eigenvalue weighted by Gasteiger charge is -2.39. The number of hydrogen-bond acceptors (Lipinski definition) is 5. The summed E-state index contributed by atoms with van der Waals surface area (Å²) in [5, 5.41) is 0. The number of carbonyl (C=O) groups is 2. The molecule has 1 aromatic heterocycles. The molecule has 0 spiro atoms. The Morgan fingerprint density at radius 1 is 1.00 bits per heavy atom. The summed E-state index contributed by atoms with van der Waals surface area (Å²) in [4.78, 5) is 41.4. The Balaban J connectivity index is 1.41. The number of amides is 2. The van der Waals surface area contributed by atoms with Gasteiger partial charge in [0.1, 0.15) is 17.7 Å². The average molecular weight is 472 g/mol. The predicted molar refractivity (Wildman–Crippen MR) is 123 cm³/mol. The summed E-state index contributed by atoms with van der Waals surface area (Å²) in [6.45, 7) is 3.36. The van der Waals surface area contributed by atoms with E-state index in [1.54, 1.807) is 40.3 Å². The zero-order chi connectivity index (χ0) is 23.9. The molecule has 0 aliphatic carbocycles. The van der Waals surface area contributed by atoms with Gasteiger partial charge in [0.2, 0.25) is 11.8 Å². The number of aromatic nitrogens is 1. The highest BCUT2D eigenvalue weighted by Crippen LogP contribution is 2.27. The first-order valence-electron chi connectivity index (χ1n) is 11.7. The number of benzene rings is 1. The van der Waals surface area contributed by atoms with Gasteiger partial charge in [-0.2, -0.15) is 0 Å². The molecular formula is C25H30FN3O5. The lowest BCUT2D eigenvalue weighted by Crippen LogP contribution is -2.50. The monoisotopic (exact) mass is 471 g/mol. The number of piperidine rings is 1. The molecule has 9 heteroatoms. The Hall–Kier alpha value is -3.20. The third-order valence-electron chi connectivity index (χ3n) is 6.38. The van der Waals surface area contributed by atoms with E-state index in [-0.39, 0.29) is 48.1 Å². The summed E-state index contributed by atoms with van der Waals surface area (Å²) < 4.78 is 26.3. The fourth-order valence-electron chi connectivity index (χ4n) is 4.46. The number of ether oxygens (including phenoxy) is 2. The van der Waals surface area contributed by atoms with Crippen molar-refractivity contribution in [1.29, 1.82) is 0 Å². The first-order valence-corrected chi connectivity index (χ1v) is 11.7. The fourth-order valence-corrected chi connectivity index (χ4v) is 4.46. The summed E-state index contributed by atoms with van der Waals surface area (Å²) >= 11 is 0. The van der Waals surface area contributed by atoms with E-state index in [0.29, 0.717) is 58.1 Å². The number of hydrogen-bond donors (Lipinski definition) is 0. The third kappa shape index (κ3) is 6.22. The van der Waals surface area contributed by atoms with Gasteiger partial charge in [-0.15, -0.1) is 0 Å². The van der Waals surface area contributed by atoms with Crippen LogP contribution in [0, 0.1) is 11.7 Å². The molecule has 2 amide bonds. The van der Waals surface area contributed by atoms with Crippen molar-refractivity contribution in [3.8, 4) is 5.75 Å². The summed E-state index contributed by atoms with van der Waals surface area (Å²) in [6, 6.07) is 10.7. The van der Waals surface area contributed by atoms with Crippen molar-refractivity contribution in [2.75, 3.05) is 39.4 Å². The number of likely N-dealkylation sites (tertiary alicyclic amines) is 1. The Morgan fingerprint density at radius 2 is 1.76 bits per heavy atom. The standard InChI is InChI=1S/C25H30FN3O5/c26-20-4-6-21(7-5-20)34-22-8-11-29(24(31)9-12-27-10-2-1-3-23(27)30)18-19(22)17-25(32)28-13-15-33-16-14-28/h1-7,10,19,22H,8-9,11-18H2/t19-,22-/m0/s1. The highest BCUT2D eigenvalue weighted by Gasteiger charge is 2.35. The van der Waals surface area contributed by atoms with Crippen LogP contribution in [0.3, 0.4) is 0 Å². The van der Waals surface area contributed by atoms with Gasteiger partial charge >= 0.3 is 0 Å². The number of morpholine rings is 1. The van der Waals surface area contributed by atoms with Crippen molar-refractivity contribution in [2.45, 2.75) is 31.9 Å². The number of aryl methyl sites for hydroxylation is 1. The van der Waals surface area contributed by atoms with Crippen molar-refractivity contribution in [3.63, 3.8) is 0 Å². The quantitative estimate of drug-likeness (QED) is 0.617. The molecule has 34 heavy (non-hydrogen) atoms. The van der Waals surface area contributed by atoms with Gasteiger partial charge in [0.15, 0.2) is 0 Å². The van der Waals surface area contributed by atoms with Crippen molar-refractivity contribution in [2.24, 2.45) is 5.92 Å². The molecule has 2 saturated heterocycles. The average Bonchev–Trinajstić information content (AvgIpc) is 2.86. The highest BCUT2D eigenvalue weighted by atomic mass is 19.1. The minimum absolute atomic E-state index is 0.0196. The van der Waals surface area contributed by atoms with Crippen LogP contribution in [0.5, 0.6) is 5.75 Å². The summed E-state index contributed by atoms with van der Waals surface area (Å²) in [5.74, 6) is -0.0359. The van der Waals surface area contributed by atoms with E-state index in [4.69, 9.17) is 9.47 Å². The maximum Gasteiger partial charge on any atom is 0.250 e. The van der Waals surface area contributed by atoms with E-state index in [9.17, 15) is 18.8 Å². The summed E-state index contributed by atoms with van der Waals surface area (Å²) in [6.07, 6.45) is 2.43. The normalized spacial score (nSPS) is 20.7. The first kappa shape index (κ1) is 23.9. The van der Waals surface area contributed by atoms with Crippen LogP contribution in [0.4, 0.5) is 4.39 Å². The SMILES string of the molecule is O=C(C[C@H]1CN(C(=O)CCn2ccccc2=O)CC[C@@H]1Oc1ccc(F)cc1)N1CCOCC1. The van der Waals surface area contributed by atoms with Gasteiger partial charge in [-0.25, -0.2) is 4.39 Å². The van der Waals surface area contributed by atoms with E-state index < -0.39 is 0 Å². The van der Waals surface area contributed by atoms with Gasteiger partial charge in [-0.3, -0.25) is 14.4 Å². The molecule has 2 fully saturated rings. The first-order chi connectivity index (χ1) is 16.5. The van der Waals surface area contributed by atoms with Gasteiger partial charge in [-0.1, -0.05) is 6.07 Å². The Labute approximate surface area is 197 Å². The van der Waals surface area contributed by atoms with Gasteiger partial charge in [0, 0.05) is 70.2 Å². The number of halogens is 1. The molecule has 2 atom stereocenters. The number of nitrogens with zero attached hydrogens (tertiary/aromatic N) is 3. The predicted octanol–water partition coefficient (Wildman–Crippen LogP) is 1.92. The lowest BCUT2D eigenvalue weighted by atomic mass is 9.90. The molecule has 0 saturated carbocycles. The molecule has 2 aliphatic rings. The highest BCUT2D eigenvalue weighted by molar-refractivity contribution is 5.78. The summed E-state index contributed by atoms with van der Waals surface area (Å²) in [7, 11) is 0. The van der Waals surface area contributed by atoms with Crippen LogP contribution in [0.1, 0.15) is 19.3 Å². The molecule has 0 bridgehead atoms. The molecule has 0 N–H and O–H groups in total. The minimum Gasteiger partial charge on any atom is -0.490 e. The van der Waals surface area contributed by atoms with Gasteiger partial charge in [0.05, 0.1) is 13.2 Å². The number of carbonyl (C=O) groups excluding carboxylic acids is 2. The molecule has 0 radical (unpaired) electrons. The van der Waals surface area contributed by atoms with Crippen molar-refractivity contribution in [1.82, 2.24) is 14.4 Å². The Kier molecular flexibility index (Phi) is 7.95. The molecule has 182 valence electrons. The molecule has 2 aromatic rings.